The van der Waals surface area contributed by atoms with Crippen LogP contribution in [0, 0.1) is 0 Å². The molecule has 0 saturated carbocycles. The molecule has 0 bridgehead atoms. The van der Waals surface area contributed by atoms with Gasteiger partial charge in [-0.05, 0) is 42.5 Å². The third kappa shape index (κ3) is 3.45. The molecule has 1 spiro atoms. The van der Waals surface area contributed by atoms with Crippen LogP contribution in [0.5, 0.6) is 5.75 Å². The monoisotopic (exact) mass is 463 g/mol. The third-order valence-electron chi connectivity index (χ3n) is 5.74. The molecule has 0 aliphatic carbocycles. The maximum Gasteiger partial charge on any atom is 0.269 e. The van der Waals surface area contributed by atoms with Gasteiger partial charge in [0.1, 0.15) is 18.1 Å². The second-order valence-electron chi connectivity index (χ2n) is 7.62. The number of para-hydroxylation sites is 1. The molecule has 1 aromatic heterocycles. The molecule has 2 aliphatic rings. The van der Waals surface area contributed by atoms with Gasteiger partial charge < -0.3 is 14.5 Å². The van der Waals surface area contributed by atoms with Crippen LogP contribution in [0.15, 0.2) is 71.3 Å². The molecule has 0 unspecified atom stereocenters. The van der Waals surface area contributed by atoms with Gasteiger partial charge in [0.05, 0.1) is 31.4 Å². The number of anilines is 2. The summed E-state index contributed by atoms with van der Waals surface area (Å²) >= 11 is 1.27. The minimum absolute atomic E-state index is 0.157. The molecule has 1 atom stereocenters. The number of fused-ring (bicyclic) bond motifs is 2. The topological polar surface area (TPSA) is 92.1 Å². The summed E-state index contributed by atoms with van der Waals surface area (Å²) in [6, 6.07) is 17.8. The summed E-state index contributed by atoms with van der Waals surface area (Å²) < 4.78 is 10.5. The number of rotatable bonds is 6. The molecule has 0 radical (unpaired) electrons. The number of hydrogen-bond acceptors (Lipinski definition) is 6. The summed E-state index contributed by atoms with van der Waals surface area (Å²) in [5.74, 6) is 0.624. The van der Waals surface area contributed by atoms with Crippen molar-refractivity contribution in [3.05, 3.63) is 78.3 Å². The van der Waals surface area contributed by atoms with Crippen LogP contribution < -0.4 is 19.9 Å². The highest BCUT2D eigenvalue weighted by Gasteiger charge is 2.61. The molecule has 1 N–H and O–H groups in total. The Morgan fingerprint density at radius 1 is 1.12 bits per heavy atom. The minimum atomic E-state index is -1.26. The Kier molecular flexibility index (Phi) is 5.33. The van der Waals surface area contributed by atoms with Crippen LogP contribution in [0.25, 0.3) is 0 Å². The second kappa shape index (κ2) is 8.32. The molecule has 33 heavy (non-hydrogen) atoms. The SMILES string of the molecule is COc1ccc(N2C(=O)CS[C@]23C(=O)N(CC(=O)NCc2ccco2)c2ccccc23)cc1. The Morgan fingerprint density at radius 2 is 1.91 bits per heavy atom. The van der Waals surface area contributed by atoms with E-state index in [1.54, 1.807) is 54.5 Å². The van der Waals surface area contributed by atoms with Crippen LogP contribution in [0.3, 0.4) is 0 Å². The smallest absolute Gasteiger partial charge is 0.269 e. The van der Waals surface area contributed by atoms with Crippen LogP contribution >= 0.6 is 11.8 Å². The first kappa shape index (κ1) is 21.1. The lowest BCUT2D eigenvalue weighted by Gasteiger charge is -2.33. The highest BCUT2D eigenvalue weighted by Crippen LogP contribution is 2.55. The molecule has 168 valence electrons. The largest absolute Gasteiger partial charge is 0.497 e. The van der Waals surface area contributed by atoms with Gasteiger partial charge in [0.25, 0.3) is 5.91 Å². The second-order valence-corrected chi connectivity index (χ2v) is 8.79. The number of amides is 3. The van der Waals surface area contributed by atoms with Gasteiger partial charge in [0.2, 0.25) is 16.7 Å². The van der Waals surface area contributed by atoms with Gasteiger partial charge in [0, 0.05) is 11.3 Å². The number of carbonyl (C=O) groups is 3. The molecule has 3 heterocycles. The maximum atomic E-state index is 13.9. The Hall–Kier alpha value is -3.72. The average molecular weight is 464 g/mol. The van der Waals surface area contributed by atoms with Crippen molar-refractivity contribution in [2.24, 2.45) is 0 Å². The molecule has 9 heteroatoms. The fourth-order valence-electron chi connectivity index (χ4n) is 4.24. The first-order valence-electron chi connectivity index (χ1n) is 10.4. The normalized spacial score (nSPS) is 19.3. The van der Waals surface area contributed by atoms with E-state index in [2.05, 4.69) is 5.32 Å². The number of benzene rings is 2. The van der Waals surface area contributed by atoms with Crippen LogP contribution in [0.4, 0.5) is 11.4 Å². The summed E-state index contributed by atoms with van der Waals surface area (Å²) in [5.41, 5.74) is 1.91. The zero-order valence-corrected chi connectivity index (χ0v) is 18.6. The highest BCUT2D eigenvalue weighted by molar-refractivity contribution is 8.02. The van der Waals surface area contributed by atoms with E-state index in [1.165, 1.54) is 22.9 Å². The van der Waals surface area contributed by atoms with Crippen molar-refractivity contribution < 1.29 is 23.5 Å². The number of ether oxygens (including phenoxy) is 1. The lowest BCUT2D eigenvalue weighted by Crippen LogP contribution is -2.51. The van der Waals surface area contributed by atoms with Gasteiger partial charge >= 0.3 is 0 Å². The van der Waals surface area contributed by atoms with E-state index in [4.69, 9.17) is 9.15 Å². The van der Waals surface area contributed by atoms with Crippen molar-refractivity contribution in [1.82, 2.24) is 5.32 Å². The van der Waals surface area contributed by atoms with Crippen molar-refractivity contribution in [2.45, 2.75) is 11.4 Å². The van der Waals surface area contributed by atoms with E-state index < -0.39 is 4.87 Å². The average Bonchev–Trinajstić information content (AvgIpc) is 3.54. The van der Waals surface area contributed by atoms with Gasteiger partial charge in [-0.25, -0.2) is 0 Å². The number of carbonyl (C=O) groups excluding carboxylic acids is 3. The summed E-state index contributed by atoms with van der Waals surface area (Å²) in [5, 5.41) is 2.78. The van der Waals surface area contributed by atoms with E-state index in [9.17, 15) is 14.4 Å². The van der Waals surface area contributed by atoms with Gasteiger partial charge in [0.15, 0.2) is 0 Å². The molecular weight excluding hydrogens is 442 g/mol. The fraction of sp³-hybridized carbons (Fsp3) is 0.208. The molecule has 3 amide bonds. The van der Waals surface area contributed by atoms with Crippen molar-refractivity contribution >= 4 is 40.9 Å². The van der Waals surface area contributed by atoms with Gasteiger partial charge in [-0.15, -0.1) is 11.8 Å². The first-order valence-corrected chi connectivity index (χ1v) is 11.3. The zero-order valence-electron chi connectivity index (χ0n) is 17.8. The molecule has 8 nitrogen and oxygen atoms in total. The summed E-state index contributed by atoms with van der Waals surface area (Å²) in [6.45, 7) is 0.0649. The summed E-state index contributed by atoms with van der Waals surface area (Å²) in [4.78, 5) is 41.3. The molecule has 1 saturated heterocycles. The number of nitrogens with zero attached hydrogens (tertiary/aromatic N) is 2. The molecule has 1 fully saturated rings. The lowest BCUT2D eigenvalue weighted by molar-refractivity contribution is -0.125. The van der Waals surface area contributed by atoms with Crippen molar-refractivity contribution in [3.63, 3.8) is 0 Å². The molecule has 3 aromatic rings. The van der Waals surface area contributed by atoms with Crippen molar-refractivity contribution in [1.29, 1.82) is 0 Å². The van der Waals surface area contributed by atoms with Gasteiger partial charge in [-0.2, -0.15) is 0 Å². The standard InChI is InChI=1S/C24H21N3O5S/c1-31-17-10-8-16(9-11-17)27-22(29)15-33-24(27)19-6-2-3-7-20(19)26(23(24)30)14-21(28)25-13-18-5-4-12-32-18/h2-12H,13-15H2,1H3,(H,25,28)/t24-/m1/s1. The van der Waals surface area contributed by atoms with E-state index >= 15 is 0 Å². The van der Waals surface area contributed by atoms with Crippen LogP contribution in [0.1, 0.15) is 11.3 Å². The predicted molar refractivity (Wildman–Crippen MR) is 124 cm³/mol. The fourth-order valence-corrected chi connectivity index (χ4v) is 5.60. The van der Waals surface area contributed by atoms with E-state index in [0.717, 1.165) is 0 Å². The zero-order chi connectivity index (χ0) is 23.0. The van der Waals surface area contributed by atoms with Crippen molar-refractivity contribution in [2.75, 3.05) is 29.2 Å². The van der Waals surface area contributed by atoms with Gasteiger partial charge in [-0.1, -0.05) is 18.2 Å². The van der Waals surface area contributed by atoms with E-state index in [0.29, 0.717) is 28.4 Å². The number of methoxy groups -OCH3 is 1. The summed E-state index contributed by atoms with van der Waals surface area (Å²) in [7, 11) is 1.57. The van der Waals surface area contributed by atoms with Crippen molar-refractivity contribution in [3.8, 4) is 5.75 Å². The minimum Gasteiger partial charge on any atom is -0.497 e. The van der Waals surface area contributed by atoms with E-state index in [1.807, 2.05) is 18.2 Å². The highest BCUT2D eigenvalue weighted by atomic mass is 32.2. The molecule has 5 rings (SSSR count). The number of furan rings is 1. The maximum absolute atomic E-state index is 13.9. The van der Waals surface area contributed by atoms with E-state index in [-0.39, 0.29) is 36.6 Å². The number of thioether (sulfide) groups is 1. The third-order valence-corrected chi connectivity index (χ3v) is 7.12. The Labute approximate surface area is 194 Å². The van der Waals surface area contributed by atoms with Crippen LogP contribution in [-0.4, -0.2) is 37.1 Å². The molecular formula is C24H21N3O5S. The van der Waals surface area contributed by atoms with Crippen LogP contribution in [0.2, 0.25) is 0 Å². The number of hydrogen-bond donors (Lipinski definition) is 1. The predicted octanol–water partition coefficient (Wildman–Crippen LogP) is 2.88. The summed E-state index contributed by atoms with van der Waals surface area (Å²) in [6.07, 6.45) is 1.54. The quantitative estimate of drug-likeness (QED) is 0.605. The lowest BCUT2D eigenvalue weighted by atomic mass is 10.0. The Bertz CT molecular complexity index is 1210. The number of nitrogens with one attached hydrogen (secondary N) is 1. The van der Waals surface area contributed by atoms with Gasteiger partial charge in [-0.3, -0.25) is 24.2 Å². The molecule has 2 aliphatic heterocycles. The Morgan fingerprint density at radius 3 is 2.64 bits per heavy atom. The first-order chi connectivity index (χ1) is 16.0. The van der Waals surface area contributed by atoms with Crippen LogP contribution in [-0.2, 0) is 25.8 Å². The Balaban J connectivity index is 1.48. The molecule has 2 aromatic carbocycles.